The Morgan fingerprint density at radius 3 is 2.25 bits per heavy atom. The normalized spacial score (nSPS) is 11.9. The lowest BCUT2D eigenvalue weighted by molar-refractivity contribution is 0.0818. The second-order valence-corrected chi connectivity index (χ2v) is 5.87. The predicted molar refractivity (Wildman–Crippen MR) is 89.4 cm³/mol. The quantitative estimate of drug-likeness (QED) is 0.564. The van der Waals surface area contributed by atoms with Gasteiger partial charge in [-0.2, -0.15) is 0 Å². The van der Waals surface area contributed by atoms with Gasteiger partial charge < -0.3 is 4.74 Å². The Bertz CT molecular complexity index is 573. The van der Waals surface area contributed by atoms with Crippen LogP contribution in [0.2, 0.25) is 0 Å². The van der Waals surface area contributed by atoms with E-state index in [4.69, 9.17) is 4.74 Å². The summed E-state index contributed by atoms with van der Waals surface area (Å²) in [6, 6.07) is 15.4. The fourth-order valence-corrected chi connectivity index (χ4v) is 2.27. The number of hydrogen-bond acceptors (Lipinski definition) is 2. The van der Waals surface area contributed by atoms with Crippen LogP contribution in [0.25, 0.3) is 0 Å². The van der Waals surface area contributed by atoms with Gasteiger partial charge in [0.2, 0.25) is 5.78 Å². The number of halogens is 1. The highest BCUT2D eigenvalue weighted by Crippen LogP contribution is 2.17. The molecule has 3 heteroatoms. The molecule has 2 nitrogen and oxygen atoms in total. The number of carbonyl (C=O) groups excluding carboxylic acids is 1. The number of Topliss-reactive ketones (excluding diaryl/α,β-unsaturated/α-hetero) is 1. The van der Waals surface area contributed by atoms with Crippen LogP contribution in [0.15, 0.2) is 48.5 Å². The van der Waals surface area contributed by atoms with Gasteiger partial charge in [0, 0.05) is 9.13 Å². The van der Waals surface area contributed by atoms with Crippen LogP contribution in [0.4, 0.5) is 0 Å². The van der Waals surface area contributed by atoms with Crippen LogP contribution in [0.5, 0.6) is 5.75 Å². The molecule has 2 aromatic rings. The third kappa shape index (κ3) is 3.82. The van der Waals surface area contributed by atoms with E-state index in [1.807, 2.05) is 48.5 Å². The van der Waals surface area contributed by atoms with Crippen molar-refractivity contribution in [3.8, 4) is 5.75 Å². The molecule has 0 heterocycles. The Morgan fingerprint density at radius 1 is 1.10 bits per heavy atom. The predicted octanol–water partition coefficient (Wildman–Crippen LogP) is 4.50. The Hall–Kier alpha value is -1.36. The molecule has 0 N–H and O–H groups in total. The summed E-state index contributed by atoms with van der Waals surface area (Å²) in [6.45, 7) is 3.88. The van der Waals surface area contributed by atoms with Crippen LogP contribution < -0.4 is 4.74 Å². The van der Waals surface area contributed by atoms with Gasteiger partial charge in [-0.05, 0) is 65.8 Å². The average molecular weight is 380 g/mol. The van der Waals surface area contributed by atoms with E-state index in [2.05, 4.69) is 29.5 Å². The van der Waals surface area contributed by atoms with Crippen LogP contribution >= 0.6 is 22.6 Å². The first-order chi connectivity index (χ1) is 9.60. The summed E-state index contributed by atoms with van der Waals surface area (Å²) in [5, 5.41) is 0. The number of carbonyl (C=O) groups is 1. The molecule has 0 aliphatic heterocycles. The fourth-order valence-electron chi connectivity index (χ4n) is 1.91. The van der Waals surface area contributed by atoms with Gasteiger partial charge in [-0.25, -0.2) is 0 Å². The van der Waals surface area contributed by atoms with Crippen molar-refractivity contribution in [2.75, 3.05) is 0 Å². The van der Waals surface area contributed by atoms with Crippen molar-refractivity contribution in [3.63, 3.8) is 0 Å². The Morgan fingerprint density at radius 2 is 1.70 bits per heavy atom. The van der Waals surface area contributed by atoms with Crippen LogP contribution in [-0.4, -0.2) is 11.9 Å². The van der Waals surface area contributed by atoms with Gasteiger partial charge in [-0.3, -0.25) is 4.79 Å². The van der Waals surface area contributed by atoms with E-state index in [0.29, 0.717) is 5.56 Å². The molecule has 0 spiro atoms. The van der Waals surface area contributed by atoms with Crippen LogP contribution in [0.3, 0.4) is 0 Å². The number of ether oxygens (including phenoxy) is 1. The molecule has 0 aliphatic carbocycles. The molecular formula is C17H17IO2. The first kappa shape index (κ1) is 15.0. The molecule has 0 aliphatic rings. The molecule has 0 amide bonds. The Balaban J connectivity index is 2.05. The number of hydrogen-bond donors (Lipinski definition) is 0. The average Bonchev–Trinajstić information content (AvgIpc) is 2.49. The minimum Gasteiger partial charge on any atom is -0.483 e. The summed E-state index contributed by atoms with van der Waals surface area (Å²) in [4.78, 5) is 12.3. The van der Waals surface area contributed by atoms with Gasteiger partial charge in [-0.1, -0.05) is 31.2 Å². The van der Waals surface area contributed by atoms with E-state index in [-0.39, 0.29) is 5.78 Å². The maximum atomic E-state index is 12.3. The minimum atomic E-state index is -0.484. The lowest BCUT2D eigenvalue weighted by Gasteiger charge is -2.14. The first-order valence-corrected chi connectivity index (χ1v) is 7.73. The highest BCUT2D eigenvalue weighted by molar-refractivity contribution is 14.1. The third-order valence-corrected chi connectivity index (χ3v) is 3.86. The first-order valence-electron chi connectivity index (χ1n) is 6.65. The molecule has 104 valence electrons. The van der Waals surface area contributed by atoms with Crippen LogP contribution in [0.1, 0.15) is 29.8 Å². The van der Waals surface area contributed by atoms with Gasteiger partial charge in [0.1, 0.15) is 5.75 Å². The lowest BCUT2D eigenvalue weighted by Crippen LogP contribution is -2.23. The van der Waals surface area contributed by atoms with E-state index < -0.39 is 6.10 Å². The second kappa shape index (κ2) is 6.88. The zero-order chi connectivity index (χ0) is 14.5. The van der Waals surface area contributed by atoms with Gasteiger partial charge in [0.05, 0.1) is 0 Å². The zero-order valence-corrected chi connectivity index (χ0v) is 13.8. The summed E-state index contributed by atoms with van der Waals surface area (Å²) >= 11 is 2.24. The summed E-state index contributed by atoms with van der Waals surface area (Å²) in [5.74, 6) is 0.725. The molecule has 2 rings (SSSR count). The minimum absolute atomic E-state index is 0.00574. The molecule has 0 fully saturated rings. The SMILES string of the molecule is CCc1ccc(C(=O)C(C)Oc2ccc(I)cc2)cc1. The molecule has 0 aromatic heterocycles. The third-order valence-electron chi connectivity index (χ3n) is 3.14. The topological polar surface area (TPSA) is 26.3 Å². The molecule has 2 aromatic carbocycles. The fraction of sp³-hybridized carbons (Fsp3) is 0.235. The van der Waals surface area contributed by atoms with Crippen molar-refractivity contribution in [1.82, 2.24) is 0 Å². The number of aryl methyl sites for hydroxylation is 1. The van der Waals surface area contributed by atoms with Crippen molar-refractivity contribution in [3.05, 3.63) is 63.2 Å². The summed E-state index contributed by atoms with van der Waals surface area (Å²) in [5.41, 5.74) is 1.92. The number of rotatable bonds is 5. The molecule has 0 bridgehead atoms. The van der Waals surface area contributed by atoms with Crippen molar-refractivity contribution >= 4 is 28.4 Å². The van der Waals surface area contributed by atoms with Crippen molar-refractivity contribution in [1.29, 1.82) is 0 Å². The van der Waals surface area contributed by atoms with Crippen molar-refractivity contribution in [2.45, 2.75) is 26.4 Å². The maximum Gasteiger partial charge on any atom is 0.202 e. The Kier molecular flexibility index (Phi) is 5.17. The molecule has 0 radical (unpaired) electrons. The van der Waals surface area contributed by atoms with Gasteiger partial charge in [0.25, 0.3) is 0 Å². The highest BCUT2D eigenvalue weighted by Gasteiger charge is 2.16. The highest BCUT2D eigenvalue weighted by atomic mass is 127. The number of ketones is 1. The molecule has 20 heavy (non-hydrogen) atoms. The van der Waals surface area contributed by atoms with E-state index >= 15 is 0 Å². The van der Waals surface area contributed by atoms with E-state index in [0.717, 1.165) is 15.7 Å². The molecule has 0 saturated carbocycles. The molecule has 1 atom stereocenters. The van der Waals surface area contributed by atoms with E-state index in [9.17, 15) is 4.79 Å². The number of benzene rings is 2. The maximum absolute atomic E-state index is 12.3. The standard InChI is InChI=1S/C17H17IO2/c1-3-13-4-6-14(7-5-13)17(19)12(2)20-16-10-8-15(18)9-11-16/h4-12H,3H2,1-2H3. The monoisotopic (exact) mass is 380 g/mol. The lowest BCUT2D eigenvalue weighted by atomic mass is 10.0. The smallest absolute Gasteiger partial charge is 0.202 e. The molecule has 0 saturated heterocycles. The van der Waals surface area contributed by atoms with Gasteiger partial charge in [-0.15, -0.1) is 0 Å². The van der Waals surface area contributed by atoms with E-state index in [1.165, 1.54) is 5.56 Å². The van der Waals surface area contributed by atoms with E-state index in [1.54, 1.807) is 6.92 Å². The van der Waals surface area contributed by atoms with Gasteiger partial charge in [0.15, 0.2) is 6.10 Å². The van der Waals surface area contributed by atoms with Gasteiger partial charge >= 0.3 is 0 Å². The van der Waals surface area contributed by atoms with Crippen molar-refractivity contribution in [2.24, 2.45) is 0 Å². The zero-order valence-electron chi connectivity index (χ0n) is 11.6. The second-order valence-electron chi connectivity index (χ2n) is 4.63. The van der Waals surface area contributed by atoms with Crippen LogP contribution in [-0.2, 0) is 6.42 Å². The summed E-state index contributed by atoms with van der Waals surface area (Å²) < 4.78 is 6.83. The summed E-state index contributed by atoms with van der Waals surface area (Å²) in [6.07, 6.45) is 0.492. The largest absolute Gasteiger partial charge is 0.483 e. The summed E-state index contributed by atoms with van der Waals surface area (Å²) in [7, 11) is 0. The Labute approximate surface area is 133 Å². The van der Waals surface area contributed by atoms with Crippen LogP contribution in [0, 0.1) is 3.57 Å². The molecule has 1 unspecified atom stereocenters. The van der Waals surface area contributed by atoms with Crippen molar-refractivity contribution < 1.29 is 9.53 Å². The molecular weight excluding hydrogens is 363 g/mol.